The zero-order valence-electron chi connectivity index (χ0n) is 9.77. The summed E-state index contributed by atoms with van der Waals surface area (Å²) < 4.78 is 7.14. The highest BCUT2D eigenvalue weighted by Gasteiger charge is 2.12. The van der Waals surface area contributed by atoms with E-state index in [1.165, 1.54) is 0 Å². The SMILES string of the molecule is CCOc1ccc(-c2c(Cl)nc(N)n2C)cc1. The van der Waals surface area contributed by atoms with Crippen LogP contribution in [0.1, 0.15) is 6.92 Å². The summed E-state index contributed by atoms with van der Waals surface area (Å²) >= 11 is 6.04. The molecule has 2 aromatic rings. The molecule has 1 aromatic heterocycles. The summed E-state index contributed by atoms with van der Waals surface area (Å²) in [6.07, 6.45) is 0. The van der Waals surface area contributed by atoms with Gasteiger partial charge in [0, 0.05) is 12.6 Å². The van der Waals surface area contributed by atoms with E-state index in [1.807, 2.05) is 38.2 Å². The molecule has 0 atom stereocenters. The number of nitrogens with two attached hydrogens (primary N) is 1. The monoisotopic (exact) mass is 251 g/mol. The van der Waals surface area contributed by atoms with Crippen LogP contribution in [0, 0.1) is 0 Å². The third-order valence-corrected chi connectivity index (χ3v) is 2.79. The number of hydrogen-bond donors (Lipinski definition) is 1. The van der Waals surface area contributed by atoms with E-state index in [4.69, 9.17) is 22.1 Å². The minimum Gasteiger partial charge on any atom is -0.494 e. The number of hydrogen-bond acceptors (Lipinski definition) is 3. The summed E-state index contributed by atoms with van der Waals surface area (Å²) in [5.74, 6) is 1.24. The lowest BCUT2D eigenvalue weighted by Crippen LogP contribution is -1.98. The molecular weight excluding hydrogens is 238 g/mol. The van der Waals surface area contributed by atoms with Gasteiger partial charge in [0.2, 0.25) is 5.95 Å². The molecule has 0 amide bonds. The summed E-state index contributed by atoms with van der Waals surface area (Å²) in [6.45, 7) is 2.60. The van der Waals surface area contributed by atoms with E-state index in [9.17, 15) is 0 Å². The Labute approximate surface area is 105 Å². The fourth-order valence-electron chi connectivity index (χ4n) is 1.67. The van der Waals surface area contributed by atoms with E-state index in [0.717, 1.165) is 17.0 Å². The van der Waals surface area contributed by atoms with Crippen LogP contribution in [0.2, 0.25) is 5.15 Å². The van der Waals surface area contributed by atoms with Gasteiger partial charge in [-0.2, -0.15) is 0 Å². The van der Waals surface area contributed by atoms with E-state index in [0.29, 0.717) is 17.7 Å². The van der Waals surface area contributed by atoms with Crippen molar-refractivity contribution in [2.45, 2.75) is 6.92 Å². The standard InChI is InChI=1S/C12H14ClN3O/c1-3-17-9-6-4-8(5-7-9)10-11(13)15-12(14)16(10)2/h4-7H,3H2,1-2H3,(H2,14,15). The molecule has 0 radical (unpaired) electrons. The number of ether oxygens (including phenoxy) is 1. The topological polar surface area (TPSA) is 53.1 Å². The molecule has 5 heteroatoms. The van der Waals surface area contributed by atoms with Crippen LogP contribution < -0.4 is 10.5 Å². The second-order valence-electron chi connectivity index (χ2n) is 3.63. The molecule has 0 spiro atoms. The van der Waals surface area contributed by atoms with Gasteiger partial charge in [-0.3, -0.25) is 0 Å². The maximum absolute atomic E-state index is 6.04. The normalized spacial score (nSPS) is 10.5. The first kappa shape index (κ1) is 11.8. The molecule has 4 nitrogen and oxygen atoms in total. The van der Waals surface area contributed by atoms with E-state index in [2.05, 4.69) is 4.98 Å². The molecular formula is C12H14ClN3O. The van der Waals surface area contributed by atoms with Crippen molar-refractivity contribution >= 4 is 17.5 Å². The minimum atomic E-state index is 0.402. The van der Waals surface area contributed by atoms with Gasteiger partial charge in [-0.25, -0.2) is 4.98 Å². The first-order chi connectivity index (χ1) is 8.13. The van der Waals surface area contributed by atoms with Crippen LogP contribution in [0.3, 0.4) is 0 Å². The average molecular weight is 252 g/mol. The second kappa shape index (κ2) is 4.67. The Morgan fingerprint density at radius 1 is 1.35 bits per heavy atom. The van der Waals surface area contributed by atoms with Crippen molar-refractivity contribution in [2.75, 3.05) is 12.3 Å². The van der Waals surface area contributed by atoms with Gasteiger partial charge in [-0.15, -0.1) is 0 Å². The first-order valence-electron chi connectivity index (χ1n) is 5.34. The number of nitrogen functional groups attached to an aromatic ring is 1. The number of nitrogens with zero attached hydrogens (tertiary/aromatic N) is 2. The number of aromatic nitrogens is 2. The molecule has 2 N–H and O–H groups in total. The molecule has 0 aliphatic heterocycles. The molecule has 2 rings (SSSR count). The molecule has 0 saturated heterocycles. The summed E-state index contributed by atoms with van der Waals surface area (Å²) in [4.78, 5) is 4.02. The largest absolute Gasteiger partial charge is 0.494 e. The highest BCUT2D eigenvalue weighted by atomic mass is 35.5. The van der Waals surface area contributed by atoms with E-state index in [1.54, 1.807) is 4.57 Å². The zero-order chi connectivity index (χ0) is 12.4. The number of anilines is 1. The van der Waals surface area contributed by atoms with Crippen molar-refractivity contribution in [3.05, 3.63) is 29.4 Å². The number of halogens is 1. The third kappa shape index (κ3) is 2.22. The number of benzene rings is 1. The lowest BCUT2D eigenvalue weighted by atomic mass is 10.1. The summed E-state index contributed by atoms with van der Waals surface area (Å²) in [5, 5.41) is 0.411. The van der Waals surface area contributed by atoms with Gasteiger partial charge in [0.1, 0.15) is 5.75 Å². The smallest absolute Gasteiger partial charge is 0.201 e. The highest BCUT2D eigenvalue weighted by Crippen LogP contribution is 2.30. The van der Waals surface area contributed by atoms with E-state index < -0.39 is 0 Å². The minimum absolute atomic E-state index is 0.402. The van der Waals surface area contributed by atoms with E-state index in [-0.39, 0.29) is 0 Å². The molecule has 0 fully saturated rings. The van der Waals surface area contributed by atoms with Gasteiger partial charge in [0.25, 0.3) is 0 Å². The highest BCUT2D eigenvalue weighted by molar-refractivity contribution is 6.32. The molecule has 1 heterocycles. The molecule has 0 bridgehead atoms. The Bertz CT molecular complexity index is 519. The quantitative estimate of drug-likeness (QED) is 0.913. The van der Waals surface area contributed by atoms with Crippen molar-refractivity contribution in [3.63, 3.8) is 0 Å². The number of rotatable bonds is 3. The molecule has 0 aliphatic rings. The Kier molecular flexibility index (Phi) is 3.24. The molecule has 17 heavy (non-hydrogen) atoms. The maximum atomic E-state index is 6.04. The Hall–Kier alpha value is -1.68. The zero-order valence-corrected chi connectivity index (χ0v) is 10.5. The van der Waals surface area contributed by atoms with Crippen LogP contribution in [-0.4, -0.2) is 16.2 Å². The molecule has 0 saturated carbocycles. The van der Waals surface area contributed by atoms with Crippen LogP contribution >= 0.6 is 11.6 Å². The van der Waals surface area contributed by atoms with Crippen molar-refractivity contribution < 1.29 is 4.74 Å². The maximum Gasteiger partial charge on any atom is 0.201 e. The predicted octanol–water partition coefficient (Wildman–Crippen LogP) is 2.72. The first-order valence-corrected chi connectivity index (χ1v) is 5.72. The predicted molar refractivity (Wildman–Crippen MR) is 69.2 cm³/mol. The lowest BCUT2D eigenvalue weighted by Gasteiger charge is -2.06. The third-order valence-electron chi connectivity index (χ3n) is 2.53. The van der Waals surface area contributed by atoms with Crippen molar-refractivity contribution in [2.24, 2.45) is 7.05 Å². The Balaban J connectivity index is 2.39. The lowest BCUT2D eigenvalue weighted by molar-refractivity contribution is 0.340. The Morgan fingerprint density at radius 3 is 2.47 bits per heavy atom. The van der Waals surface area contributed by atoms with Crippen molar-refractivity contribution in [1.82, 2.24) is 9.55 Å². The van der Waals surface area contributed by atoms with Gasteiger partial charge in [0.05, 0.1) is 12.3 Å². The van der Waals surface area contributed by atoms with Crippen LogP contribution in [0.4, 0.5) is 5.95 Å². The second-order valence-corrected chi connectivity index (χ2v) is 3.98. The molecule has 90 valence electrons. The Morgan fingerprint density at radius 2 is 2.00 bits per heavy atom. The fourth-order valence-corrected chi connectivity index (χ4v) is 1.99. The number of imidazole rings is 1. The average Bonchev–Trinajstić information content (AvgIpc) is 2.55. The van der Waals surface area contributed by atoms with Crippen LogP contribution in [0.25, 0.3) is 11.3 Å². The van der Waals surface area contributed by atoms with Crippen molar-refractivity contribution in [1.29, 1.82) is 0 Å². The van der Waals surface area contributed by atoms with Gasteiger partial charge in [-0.1, -0.05) is 11.6 Å². The summed E-state index contributed by atoms with van der Waals surface area (Å²) in [5.41, 5.74) is 7.47. The van der Waals surface area contributed by atoms with Crippen LogP contribution in [0.5, 0.6) is 5.75 Å². The van der Waals surface area contributed by atoms with Gasteiger partial charge < -0.3 is 15.0 Å². The van der Waals surface area contributed by atoms with Crippen LogP contribution in [-0.2, 0) is 7.05 Å². The fraction of sp³-hybridized carbons (Fsp3) is 0.250. The van der Waals surface area contributed by atoms with E-state index >= 15 is 0 Å². The summed E-state index contributed by atoms with van der Waals surface area (Å²) in [7, 11) is 1.83. The molecule has 0 aliphatic carbocycles. The molecule has 0 unspecified atom stereocenters. The van der Waals surface area contributed by atoms with Crippen LogP contribution in [0.15, 0.2) is 24.3 Å². The van der Waals surface area contributed by atoms with Gasteiger partial charge in [0.15, 0.2) is 5.15 Å². The van der Waals surface area contributed by atoms with Gasteiger partial charge in [-0.05, 0) is 31.2 Å². The molecule has 1 aromatic carbocycles. The van der Waals surface area contributed by atoms with Gasteiger partial charge >= 0.3 is 0 Å². The summed E-state index contributed by atoms with van der Waals surface area (Å²) in [6, 6.07) is 7.68. The van der Waals surface area contributed by atoms with Crippen molar-refractivity contribution in [3.8, 4) is 17.0 Å².